The Morgan fingerprint density at radius 3 is 2.58 bits per heavy atom. The van der Waals surface area contributed by atoms with Crippen LogP contribution in [0.5, 0.6) is 0 Å². The molecule has 3 aromatic heterocycles. The molecule has 0 amide bonds. The van der Waals surface area contributed by atoms with Gasteiger partial charge in [0.05, 0.1) is 18.9 Å². The highest BCUT2D eigenvalue weighted by atomic mass is 16.5. The van der Waals surface area contributed by atoms with E-state index in [1.807, 2.05) is 16.8 Å². The summed E-state index contributed by atoms with van der Waals surface area (Å²) in [6.45, 7) is 2.84. The monoisotopic (exact) mass is 324 g/mol. The molecule has 3 aromatic rings. The van der Waals surface area contributed by atoms with Crippen molar-refractivity contribution in [2.24, 2.45) is 0 Å². The first-order valence-corrected chi connectivity index (χ1v) is 7.57. The van der Waals surface area contributed by atoms with Crippen LogP contribution >= 0.6 is 0 Å². The van der Waals surface area contributed by atoms with Crippen molar-refractivity contribution in [1.82, 2.24) is 29.5 Å². The number of rotatable bonds is 3. The predicted octanol–water partition coefficient (Wildman–Crippen LogP) is 0.538. The molecule has 1 aliphatic rings. The Kier molecular flexibility index (Phi) is 3.75. The fourth-order valence-corrected chi connectivity index (χ4v) is 2.47. The Bertz CT molecular complexity index is 812. The first-order chi connectivity index (χ1) is 11.8. The van der Waals surface area contributed by atoms with E-state index in [9.17, 15) is 0 Å². The van der Waals surface area contributed by atoms with Gasteiger partial charge in [0.1, 0.15) is 12.1 Å². The molecule has 0 spiro atoms. The summed E-state index contributed by atoms with van der Waals surface area (Å²) >= 11 is 0. The van der Waals surface area contributed by atoms with Crippen LogP contribution in [-0.4, -0.2) is 55.8 Å². The van der Waals surface area contributed by atoms with Crippen molar-refractivity contribution in [2.45, 2.75) is 0 Å². The Hall–Kier alpha value is -3.07. The zero-order valence-electron chi connectivity index (χ0n) is 12.9. The van der Waals surface area contributed by atoms with Crippen molar-refractivity contribution in [1.29, 1.82) is 0 Å². The number of imidazole rings is 1. The molecule has 0 aromatic carbocycles. The highest BCUT2D eigenvalue weighted by Crippen LogP contribution is 2.22. The average molecular weight is 324 g/mol. The second-order valence-electron chi connectivity index (χ2n) is 5.31. The average Bonchev–Trinajstić information content (AvgIpc) is 3.17. The van der Waals surface area contributed by atoms with Crippen LogP contribution in [0.25, 0.3) is 17.1 Å². The van der Waals surface area contributed by atoms with Crippen LogP contribution in [0.2, 0.25) is 0 Å². The fraction of sp³-hybridized carbons (Fsp3) is 0.267. The number of hydrogen-bond acceptors (Lipinski definition) is 8. The van der Waals surface area contributed by atoms with E-state index in [1.54, 1.807) is 24.9 Å². The number of morpholine rings is 1. The van der Waals surface area contributed by atoms with Gasteiger partial charge < -0.3 is 15.4 Å². The lowest BCUT2D eigenvalue weighted by Crippen LogP contribution is -2.37. The third-order valence-electron chi connectivity index (χ3n) is 3.73. The lowest BCUT2D eigenvalue weighted by Gasteiger charge is -2.27. The maximum atomic E-state index is 5.57. The molecule has 0 radical (unpaired) electrons. The zero-order valence-corrected chi connectivity index (χ0v) is 12.9. The van der Waals surface area contributed by atoms with Crippen molar-refractivity contribution in [3.8, 4) is 17.1 Å². The number of anilines is 2. The van der Waals surface area contributed by atoms with E-state index in [4.69, 9.17) is 10.5 Å². The van der Waals surface area contributed by atoms with Crippen LogP contribution in [0.4, 0.5) is 11.9 Å². The van der Waals surface area contributed by atoms with E-state index in [0.717, 1.165) is 30.2 Å². The minimum atomic E-state index is 0.232. The van der Waals surface area contributed by atoms with Crippen molar-refractivity contribution in [3.63, 3.8) is 0 Å². The van der Waals surface area contributed by atoms with E-state index in [2.05, 4.69) is 29.8 Å². The molecule has 9 nitrogen and oxygen atoms in total. The number of nitrogen functional groups attached to an aromatic ring is 1. The Labute approximate surface area is 138 Å². The normalized spacial score (nSPS) is 14.8. The molecule has 1 aliphatic heterocycles. The maximum absolute atomic E-state index is 5.57. The van der Waals surface area contributed by atoms with Gasteiger partial charge in [0.2, 0.25) is 11.9 Å². The third-order valence-corrected chi connectivity index (χ3v) is 3.73. The molecule has 1 saturated heterocycles. The van der Waals surface area contributed by atoms with Crippen LogP contribution in [0.3, 0.4) is 0 Å². The first kappa shape index (κ1) is 14.5. The molecule has 0 bridgehead atoms. The van der Waals surface area contributed by atoms with Gasteiger partial charge >= 0.3 is 0 Å². The zero-order chi connectivity index (χ0) is 16.4. The highest BCUT2D eigenvalue weighted by Gasteiger charge is 2.17. The fourth-order valence-electron chi connectivity index (χ4n) is 2.47. The number of nitrogens with zero attached hydrogens (tertiary/aromatic N) is 7. The molecule has 4 rings (SSSR count). The van der Waals surface area contributed by atoms with Crippen LogP contribution < -0.4 is 10.6 Å². The quantitative estimate of drug-likeness (QED) is 0.743. The predicted molar refractivity (Wildman–Crippen MR) is 87.6 cm³/mol. The van der Waals surface area contributed by atoms with Gasteiger partial charge in [-0.1, -0.05) is 0 Å². The van der Waals surface area contributed by atoms with Gasteiger partial charge in [0, 0.05) is 49.5 Å². The van der Waals surface area contributed by atoms with Crippen molar-refractivity contribution >= 4 is 11.9 Å². The molecule has 122 valence electrons. The van der Waals surface area contributed by atoms with E-state index >= 15 is 0 Å². The standard InChI is InChI=1S/C15H16N8O/c16-14-18-8-11(9-19-14)12-7-13(23-2-1-17-10-23)21-15(20-12)22-3-5-24-6-4-22/h1-2,7-10H,3-6H2,(H2,16,18,19). The van der Waals surface area contributed by atoms with E-state index in [-0.39, 0.29) is 5.95 Å². The highest BCUT2D eigenvalue weighted by molar-refractivity contribution is 5.61. The molecule has 4 heterocycles. The van der Waals surface area contributed by atoms with Crippen molar-refractivity contribution in [3.05, 3.63) is 37.2 Å². The molecule has 24 heavy (non-hydrogen) atoms. The summed E-state index contributed by atoms with van der Waals surface area (Å²) < 4.78 is 7.25. The maximum Gasteiger partial charge on any atom is 0.228 e. The molecule has 1 fully saturated rings. The second kappa shape index (κ2) is 6.20. The summed E-state index contributed by atoms with van der Waals surface area (Å²) in [4.78, 5) is 23.6. The second-order valence-corrected chi connectivity index (χ2v) is 5.31. The summed E-state index contributed by atoms with van der Waals surface area (Å²) in [5.74, 6) is 1.61. The molecule has 2 N–H and O–H groups in total. The Balaban J connectivity index is 1.80. The van der Waals surface area contributed by atoms with Gasteiger partial charge in [0.15, 0.2) is 0 Å². The van der Waals surface area contributed by atoms with E-state index in [0.29, 0.717) is 19.2 Å². The lowest BCUT2D eigenvalue weighted by atomic mass is 10.2. The van der Waals surface area contributed by atoms with E-state index < -0.39 is 0 Å². The lowest BCUT2D eigenvalue weighted by molar-refractivity contribution is 0.122. The minimum absolute atomic E-state index is 0.232. The molecule has 0 saturated carbocycles. The summed E-state index contributed by atoms with van der Waals surface area (Å²) in [7, 11) is 0. The number of nitrogens with two attached hydrogens (primary N) is 1. The summed E-state index contributed by atoms with van der Waals surface area (Å²) in [6.07, 6.45) is 8.57. The molecular weight excluding hydrogens is 308 g/mol. The van der Waals surface area contributed by atoms with E-state index in [1.165, 1.54) is 0 Å². The molecular formula is C15H16N8O. The smallest absolute Gasteiger partial charge is 0.228 e. The van der Waals surface area contributed by atoms with Crippen LogP contribution in [-0.2, 0) is 4.74 Å². The molecule has 9 heteroatoms. The summed E-state index contributed by atoms with van der Waals surface area (Å²) in [6, 6.07) is 1.88. The summed E-state index contributed by atoms with van der Waals surface area (Å²) in [5, 5.41) is 0. The first-order valence-electron chi connectivity index (χ1n) is 7.57. The van der Waals surface area contributed by atoms with Crippen LogP contribution in [0, 0.1) is 0 Å². The Morgan fingerprint density at radius 2 is 1.88 bits per heavy atom. The van der Waals surface area contributed by atoms with Gasteiger partial charge in [-0.2, -0.15) is 4.98 Å². The minimum Gasteiger partial charge on any atom is -0.378 e. The van der Waals surface area contributed by atoms with Gasteiger partial charge in [-0.15, -0.1) is 0 Å². The Morgan fingerprint density at radius 1 is 1.08 bits per heavy atom. The van der Waals surface area contributed by atoms with Crippen LogP contribution in [0.1, 0.15) is 0 Å². The van der Waals surface area contributed by atoms with Crippen molar-refractivity contribution in [2.75, 3.05) is 36.9 Å². The third kappa shape index (κ3) is 2.88. The molecule has 0 aliphatic carbocycles. The van der Waals surface area contributed by atoms with Crippen LogP contribution in [0.15, 0.2) is 37.2 Å². The largest absolute Gasteiger partial charge is 0.378 e. The van der Waals surface area contributed by atoms with Gasteiger partial charge in [-0.3, -0.25) is 4.57 Å². The number of ether oxygens (including phenoxy) is 1. The summed E-state index contributed by atoms with van der Waals surface area (Å²) in [5.41, 5.74) is 7.08. The van der Waals surface area contributed by atoms with Gasteiger partial charge in [0.25, 0.3) is 0 Å². The number of hydrogen-bond donors (Lipinski definition) is 1. The topological polar surface area (TPSA) is 108 Å². The van der Waals surface area contributed by atoms with Gasteiger partial charge in [-0.25, -0.2) is 19.9 Å². The van der Waals surface area contributed by atoms with Crippen molar-refractivity contribution < 1.29 is 4.74 Å². The molecule has 0 unspecified atom stereocenters. The number of aromatic nitrogens is 6. The SMILES string of the molecule is Nc1ncc(-c2cc(-n3ccnc3)nc(N3CCOCC3)n2)cn1. The molecule has 0 atom stereocenters. The van der Waals surface area contributed by atoms with Gasteiger partial charge in [-0.05, 0) is 0 Å².